The highest BCUT2D eigenvalue weighted by atomic mass is 32.1. The summed E-state index contributed by atoms with van der Waals surface area (Å²) in [7, 11) is 0. The van der Waals surface area contributed by atoms with Gasteiger partial charge in [0.05, 0.1) is 54.0 Å². The highest BCUT2D eigenvalue weighted by Gasteiger charge is 2.15. The molecule has 1 N–H and O–H groups in total. The zero-order valence-electron chi connectivity index (χ0n) is 33.2. The molecule has 0 unspecified atom stereocenters. The Labute approximate surface area is 352 Å². The minimum atomic E-state index is -0.626. The average Bonchev–Trinajstić information content (AvgIpc) is 3.69. The number of para-hydroxylation sites is 1. The lowest BCUT2D eigenvalue weighted by Crippen LogP contribution is -2.11. The molecule has 0 amide bonds. The fraction of sp³-hybridized carbons (Fsp3) is 0.261. The number of anilines is 1. The lowest BCUT2D eigenvalue weighted by molar-refractivity contribution is -0.138. The second-order valence-electron chi connectivity index (χ2n) is 13.2. The summed E-state index contributed by atoms with van der Waals surface area (Å²) >= 11 is 1.46. The van der Waals surface area contributed by atoms with Crippen LogP contribution in [0.1, 0.15) is 77.6 Å². The maximum atomic E-state index is 13.3. The van der Waals surface area contributed by atoms with Gasteiger partial charge in [0.25, 0.3) is 0 Å². The van der Waals surface area contributed by atoms with E-state index in [1.807, 2.05) is 24.3 Å². The van der Waals surface area contributed by atoms with Gasteiger partial charge in [-0.1, -0.05) is 36.6 Å². The molecular formula is C46H47N3O10S. The standard InChI is InChI=1S/C46H47N3O10S/c1-3-42(50)56-29-13-7-5-11-27-54-36-21-17-33(18-22-36)44(52)58-37-23-19-34(20-24-37)45(53)59-40-26-25-38(55-28-12-6-8-14-30-57-43(51)4-2)31-35(40)32-47-49-46-48-39-15-9-10-16-41(39)60-46/h3-4,9-10,15-26,31-32H,1-2,5-8,11-14,27-30H2,(H,48,49)/b47-32+. The summed E-state index contributed by atoms with van der Waals surface area (Å²) in [5.41, 5.74) is 4.87. The van der Waals surface area contributed by atoms with Crippen LogP contribution in [0.15, 0.2) is 121 Å². The molecule has 4 aromatic carbocycles. The Bertz CT molecular complexity index is 2200. The van der Waals surface area contributed by atoms with Crippen molar-refractivity contribution in [3.05, 3.63) is 133 Å². The normalized spacial score (nSPS) is 10.8. The second-order valence-corrected chi connectivity index (χ2v) is 14.2. The number of carbonyl (C=O) groups is 4. The van der Waals surface area contributed by atoms with E-state index in [0.29, 0.717) is 54.2 Å². The van der Waals surface area contributed by atoms with Gasteiger partial charge in [0.15, 0.2) is 0 Å². The van der Waals surface area contributed by atoms with Crippen LogP contribution in [0.4, 0.5) is 5.13 Å². The van der Waals surface area contributed by atoms with E-state index in [9.17, 15) is 19.2 Å². The molecule has 0 atom stereocenters. The number of fused-ring (bicyclic) bond motifs is 1. The topological polar surface area (TPSA) is 161 Å². The molecule has 0 saturated carbocycles. The van der Waals surface area contributed by atoms with Gasteiger partial charge in [0, 0.05) is 17.7 Å². The molecule has 5 rings (SSSR count). The summed E-state index contributed by atoms with van der Waals surface area (Å²) in [4.78, 5) is 52.9. The SMILES string of the molecule is C=CC(=O)OCCCCCCOc1ccc(C(=O)Oc2ccc(C(=O)Oc3ccc(OCCCCCCOC(=O)C=C)cc3/C=N/Nc3nc4ccccc4s3)cc2)cc1. The Balaban J connectivity index is 1.12. The number of benzene rings is 4. The minimum Gasteiger partial charge on any atom is -0.494 e. The van der Waals surface area contributed by atoms with Crippen LogP contribution in [0, 0.1) is 0 Å². The van der Waals surface area contributed by atoms with Crippen molar-refractivity contribution in [3.8, 4) is 23.0 Å². The van der Waals surface area contributed by atoms with Crippen molar-refractivity contribution in [2.45, 2.75) is 51.4 Å². The summed E-state index contributed by atoms with van der Waals surface area (Å²) in [6.07, 6.45) is 10.6. The maximum Gasteiger partial charge on any atom is 0.343 e. The van der Waals surface area contributed by atoms with Gasteiger partial charge in [-0.3, -0.25) is 5.43 Å². The van der Waals surface area contributed by atoms with Gasteiger partial charge < -0.3 is 28.4 Å². The molecule has 0 aliphatic carbocycles. The van der Waals surface area contributed by atoms with Crippen LogP contribution in [0.25, 0.3) is 10.2 Å². The first-order valence-corrected chi connectivity index (χ1v) is 20.4. The highest BCUT2D eigenvalue weighted by Crippen LogP contribution is 2.27. The van der Waals surface area contributed by atoms with Gasteiger partial charge in [-0.05, 0) is 130 Å². The first-order chi connectivity index (χ1) is 29.3. The zero-order chi connectivity index (χ0) is 42.4. The van der Waals surface area contributed by atoms with E-state index >= 15 is 0 Å². The smallest absolute Gasteiger partial charge is 0.343 e. The summed E-state index contributed by atoms with van der Waals surface area (Å²) in [5, 5.41) is 4.97. The lowest BCUT2D eigenvalue weighted by Gasteiger charge is -2.11. The summed E-state index contributed by atoms with van der Waals surface area (Å²) in [5.74, 6) is -0.325. The Morgan fingerprint density at radius 1 is 0.617 bits per heavy atom. The molecule has 0 saturated heterocycles. The third-order valence-corrected chi connectivity index (χ3v) is 9.61. The predicted molar refractivity (Wildman–Crippen MR) is 230 cm³/mol. The van der Waals surface area contributed by atoms with Gasteiger partial charge >= 0.3 is 23.9 Å². The minimum absolute atomic E-state index is 0.238. The molecule has 0 radical (unpaired) electrons. The molecule has 0 fully saturated rings. The number of aromatic nitrogens is 1. The number of hydrazone groups is 1. The number of hydrogen-bond acceptors (Lipinski definition) is 14. The fourth-order valence-corrected chi connectivity index (χ4v) is 6.33. The third kappa shape index (κ3) is 14.9. The molecule has 5 aromatic rings. The van der Waals surface area contributed by atoms with Crippen molar-refractivity contribution in [1.29, 1.82) is 0 Å². The van der Waals surface area contributed by atoms with E-state index in [1.54, 1.807) is 42.5 Å². The number of esters is 4. The number of unbranched alkanes of at least 4 members (excludes halogenated alkanes) is 6. The maximum absolute atomic E-state index is 13.3. The third-order valence-electron chi connectivity index (χ3n) is 8.67. The van der Waals surface area contributed by atoms with E-state index in [2.05, 4.69) is 28.7 Å². The second kappa shape index (κ2) is 24.2. The van der Waals surface area contributed by atoms with Crippen molar-refractivity contribution in [2.24, 2.45) is 5.10 Å². The van der Waals surface area contributed by atoms with Crippen LogP contribution in [-0.4, -0.2) is 61.5 Å². The van der Waals surface area contributed by atoms with E-state index in [1.165, 1.54) is 41.8 Å². The predicted octanol–water partition coefficient (Wildman–Crippen LogP) is 9.52. The molecule has 0 bridgehead atoms. The molecule has 1 heterocycles. The lowest BCUT2D eigenvalue weighted by atomic mass is 10.2. The Kier molecular flexibility index (Phi) is 17.9. The van der Waals surface area contributed by atoms with E-state index in [4.69, 9.17) is 28.4 Å². The number of rotatable bonds is 25. The van der Waals surface area contributed by atoms with Crippen molar-refractivity contribution in [3.63, 3.8) is 0 Å². The van der Waals surface area contributed by atoms with Gasteiger partial charge in [-0.15, -0.1) is 0 Å². The van der Waals surface area contributed by atoms with Crippen LogP contribution >= 0.6 is 11.3 Å². The number of hydrogen-bond donors (Lipinski definition) is 1. The molecule has 14 heteroatoms. The average molecular weight is 834 g/mol. The highest BCUT2D eigenvalue weighted by molar-refractivity contribution is 7.22. The molecule has 312 valence electrons. The quantitative estimate of drug-likeness (QED) is 0.0148. The van der Waals surface area contributed by atoms with Gasteiger partial charge in [-0.2, -0.15) is 5.10 Å². The summed E-state index contributed by atoms with van der Waals surface area (Å²) in [6, 6.07) is 25.6. The van der Waals surface area contributed by atoms with Crippen LogP contribution in [0.3, 0.4) is 0 Å². The molecule has 1 aromatic heterocycles. The number of nitrogens with one attached hydrogen (secondary N) is 1. The fourth-order valence-electron chi connectivity index (χ4n) is 5.52. The van der Waals surface area contributed by atoms with Gasteiger partial charge in [-0.25, -0.2) is 24.2 Å². The molecule has 13 nitrogen and oxygen atoms in total. The molecule has 0 aliphatic rings. The van der Waals surface area contributed by atoms with Crippen LogP contribution in [0.5, 0.6) is 23.0 Å². The van der Waals surface area contributed by atoms with Gasteiger partial charge in [0.2, 0.25) is 5.13 Å². The van der Waals surface area contributed by atoms with Crippen molar-refractivity contribution >= 4 is 56.8 Å². The number of carbonyl (C=O) groups excluding carboxylic acids is 4. The number of nitrogens with zero attached hydrogens (tertiary/aromatic N) is 2. The number of ether oxygens (including phenoxy) is 6. The van der Waals surface area contributed by atoms with Crippen molar-refractivity contribution in [2.75, 3.05) is 31.9 Å². The van der Waals surface area contributed by atoms with Crippen LogP contribution in [0.2, 0.25) is 0 Å². The number of thiazole rings is 1. The largest absolute Gasteiger partial charge is 0.494 e. The van der Waals surface area contributed by atoms with E-state index < -0.39 is 23.9 Å². The van der Waals surface area contributed by atoms with E-state index in [-0.39, 0.29) is 17.1 Å². The van der Waals surface area contributed by atoms with Gasteiger partial charge in [0.1, 0.15) is 23.0 Å². The summed E-state index contributed by atoms with van der Waals surface area (Å²) in [6.45, 7) is 8.47. The Morgan fingerprint density at radius 3 is 1.75 bits per heavy atom. The zero-order valence-corrected chi connectivity index (χ0v) is 34.0. The molecule has 60 heavy (non-hydrogen) atoms. The van der Waals surface area contributed by atoms with Crippen molar-refractivity contribution in [1.82, 2.24) is 4.98 Å². The summed E-state index contributed by atoms with van der Waals surface area (Å²) < 4.78 is 34.1. The monoisotopic (exact) mass is 833 g/mol. The van der Waals surface area contributed by atoms with Crippen LogP contribution in [-0.2, 0) is 19.1 Å². The molecule has 0 aliphatic heterocycles. The first-order valence-electron chi connectivity index (χ1n) is 19.6. The Morgan fingerprint density at radius 2 is 1.15 bits per heavy atom. The Hall–Kier alpha value is -6.80. The van der Waals surface area contributed by atoms with Crippen molar-refractivity contribution < 1.29 is 47.6 Å². The molecular weight excluding hydrogens is 787 g/mol. The molecule has 0 spiro atoms. The van der Waals surface area contributed by atoms with E-state index in [0.717, 1.165) is 73.7 Å². The van der Waals surface area contributed by atoms with Crippen LogP contribution < -0.4 is 24.4 Å². The first kappa shape index (κ1) is 44.3.